The molecule has 1 amide bonds. The highest BCUT2D eigenvalue weighted by atomic mass is 32.2. The van der Waals surface area contributed by atoms with Gasteiger partial charge in [0, 0.05) is 26.9 Å². The molecule has 0 bridgehead atoms. The summed E-state index contributed by atoms with van der Waals surface area (Å²) in [6, 6.07) is -0.303. The van der Waals surface area contributed by atoms with Crippen molar-refractivity contribution in [2.24, 2.45) is 7.05 Å². The lowest BCUT2D eigenvalue weighted by Crippen LogP contribution is -2.41. The predicted octanol–water partition coefficient (Wildman–Crippen LogP) is -1.50. The molecule has 9 nitrogen and oxygen atoms in total. The van der Waals surface area contributed by atoms with Crippen LogP contribution >= 0.6 is 0 Å². The number of amides is 1. The lowest BCUT2D eigenvalue weighted by molar-refractivity contribution is -0.139. The molecule has 0 radical (unpaired) electrons. The Bertz CT molecular complexity index is 636. The summed E-state index contributed by atoms with van der Waals surface area (Å²) in [6.07, 6.45) is 0.939. The lowest BCUT2D eigenvalue weighted by Gasteiger charge is -2.12. The SMILES string of the molecule is CNC(=O)c1cc(S(=O)(=O)NC(CCO)C(=O)O)cn1C. The van der Waals surface area contributed by atoms with E-state index in [1.165, 1.54) is 24.9 Å². The molecule has 10 heteroatoms. The number of hydrogen-bond donors (Lipinski definition) is 4. The minimum Gasteiger partial charge on any atom is -0.480 e. The summed E-state index contributed by atoms with van der Waals surface area (Å²) < 4.78 is 27.5. The molecule has 0 aliphatic rings. The average Bonchev–Trinajstić information content (AvgIpc) is 2.80. The Hall–Kier alpha value is -1.91. The molecule has 1 rings (SSSR count). The van der Waals surface area contributed by atoms with Gasteiger partial charge in [-0.25, -0.2) is 8.42 Å². The van der Waals surface area contributed by atoms with Crippen LogP contribution in [-0.4, -0.2) is 54.8 Å². The number of nitrogens with one attached hydrogen (secondary N) is 2. The zero-order valence-electron chi connectivity index (χ0n) is 11.5. The highest BCUT2D eigenvalue weighted by Gasteiger charge is 2.27. The summed E-state index contributed by atoms with van der Waals surface area (Å²) in [7, 11) is -1.21. The van der Waals surface area contributed by atoms with Gasteiger partial charge in [-0.3, -0.25) is 9.59 Å². The number of carbonyl (C=O) groups excluding carboxylic acids is 1. The summed E-state index contributed by atoms with van der Waals surface area (Å²) in [6.45, 7) is -0.474. The first-order chi connectivity index (χ1) is 9.72. The van der Waals surface area contributed by atoms with Gasteiger partial charge in [0.1, 0.15) is 16.6 Å². The van der Waals surface area contributed by atoms with Gasteiger partial charge in [0.25, 0.3) is 5.91 Å². The summed E-state index contributed by atoms with van der Waals surface area (Å²) in [5.74, 6) is -1.86. The van der Waals surface area contributed by atoms with Crippen LogP contribution in [0.25, 0.3) is 0 Å². The fourth-order valence-electron chi connectivity index (χ4n) is 1.65. The van der Waals surface area contributed by atoms with Gasteiger partial charge in [0.05, 0.1) is 0 Å². The zero-order valence-corrected chi connectivity index (χ0v) is 12.3. The Morgan fingerprint density at radius 1 is 1.43 bits per heavy atom. The number of hydrogen-bond acceptors (Lipinski definition) is 5. The number of aryl methyl sites for hydroxylation is 1. The Kier molecular flexibility index (Phi) is 5.47. The number of aliphatic hydroxyl groups excluding tert-OH is 1. The molecule has 0 aliphatic heterocycles. The first-order valence-electron chi connectivity index (χ1n) is 5.97. The Morgan fingerprint density at radius 3 is 2.52 bits per heavy atom. The molecule has 0 aliphatic carbocycles. The van der Waals surface area contributed by atoms with E-state index in [9.17, 15) is 18.0 Å². The molecule has 1 aromatic heterocycles. The third kappa shape index (κ3) is 4.03. The fourth-order valence-corrected chi connectivity index (χ4v) is 2.95. The van der Waals surface area contributed by atoms with E-state index in [1.807, 2.05) is 4.72 Å². The smallest absolute Gasteiger partial charge is 0.321 e. The van der Waals surface area contributed by atoms with Crippen LogP contribution in [0.15, 0.2) is 17.2 Å². The van der Waals surface area contributed by atoms with Crippen molar-refractivity contribution in [3.8, 4) is 0 Å². The first-order valence-corrected chi connectivity index (χ1v) is 7.45. The molecule has 0 saturated heterocycles. The maximum absolute atomic E-state index is 12.1. The van der Waals surface area contributed by atoms with Crippen molar-refractivity contribution in [2.75, 3.05) is 13.7 Å². The maximum Gasteiger partial charge on any atom is 0.321 e. The van der Waals surface area contributed by atoms with Crippen LogP contribution in [0.3, 0.4) is 0 Å². The van der Waals surface area contributed by atoms with Crippen molar-refractivity contribution in [2.45, 2.75) is 17.4 Å². The number of aliphatic carboxylic acids is 1. The molecule has 0 saturated carbocycles. The number of aliphatic hydroxyl groups is 1. The summed E-state index contributed by atoms with van der Waals surface area (Å²) in [4.78, 5) is 22.2. The molecule has 1 atom stereocenters. The van der Waals surface area contributed by atoms with Crippen LogP contribution in [0.5, 0.6) is 0 Å². The Morgan fingerprint density at radius 2 is 2.05 bits per heavy atom. The van der Waals surface area contributed by atoms with Crippen LogP contribution in [0.2, 0.25) is 0 Å². The molecule has 1 unspecified atom stereocenters. The van der Waals surface area contributed by atoms with Gasteiger partial charge in [-0.15, -0.1) is 0 Å². The van der Waals surface area contributed by atoms with Gasteiger partial charge in [-0.05, 0) is 12.5 Å². The molecule has 0 aromatic carbocycles. The lowest BCUT2D eigenvalue weighted by atomic mass is 10.2. The number of nitrogens with zero attached hydrogens (tertiary/aromatic N) is 1. The highest BCUT2D eigenvalue weighted by Crippen LogP contribution is 2.14. The predicted molar refractivity (Wildman–Crippen MR) is 72.3 cm³/mol. The Balaban J connectivity index is 3.08. The minimum absolute atomic E-state index is 0.118. The van der Waals surface area contributed by atoms with Crippen LogP contribution < -0.4 is 10.0 Å². The average molecular weight is 319 g/mol. The largest absolute Gasteiger partial charge is 0.480 e. The van der Waals surface area contributed by atoms with Crippen molar-refractivity contribution in [1.82, 2.24) is 14.6 Å². The van der Waals surface area contributed by atoms with Gasteiger partial charge in [-0.2, -0.15) is 4.72 Å². The van der Waals surface area contributed by atoms with E-state index in [0.717, 1.165) is 6.07 Å². The monoisotopic (exact) mass is 319 g/mol. The standard InChI is InChI=1S/C11H17N3O6S/c1-12-10(16)9-5-7(6-14(9)2)21(19,20)13-8(3-4-15)11(17)18/h5-6,8,13,15H,3-4H2,1-2H3,(H,12,16)(H,17,18). The van der Waals surface area contributed by atoms with Crippen molar-refractivity contribution in [1.29, 1.82) is 0 Å². The molecule has 1 heterocycles. The maximum atomic E-state index is 12.1. The van der Waals surface area contributed by atoms with Gasteiger partial charge in [0.15, 0.2) is 0 Å². The molecule has 4 N–H and O–H groups in total. The van der Waals surface area contributed by atoms with Crippen molar-refractivity contribution in [3.63, 3.8) is 0 Å². The number of sulfonamides is 1. The molecular formula is C11H17N3O6S. The van der Waals surface area contributed by atoms with Gasteiger partial charge < -0.3 is 20.1 Å². The first kappa shape index (κ1) is 17.1. The topological polar surface area (TPSA) is 138 Å². The van der Waals surface area contributed by atoms with Crippen molar-refractivity contribution >= 4 is 21.9 Å². The van der Waals surface area contributed by atoms with E-state index < -0.39 is 34.5 Å². The number of carboxylic acids is 1. The normalized spacial score (nSPS) is 12.9. The van der Waals surface area contributed by atoms with Crippen molar-refractivity contribution < 1.29 is 28.2 Å². The van der Waals surface area contributed by atoms with Crippen LogP contribution in [0.4, 0.5) is 0 Å². The minimum atomic E-state index is -4.11. The Labute approximate surface area is 121 Å². The summed E-state index contributed by atoms with van der Waals surface area (Å²) >= 11 is 0. The second-order valence-electron chi connectivity index (χ2n) is 4.28. The van der Waals surface area contributed by atoms with Gasteiger partial charge in [-0.1, -0.05) is 0 Å². The van der Waals surface area contributed by atoms with E-state index in [2.05, 4.69) is 5.32 Å². The quantitative estimate of drug-likeness (QED) is 0.482. The van der Waals surface area contributed by atoms with Crippen LogP contribution in [0, 0.1) is 0 Å². The van der Waals surface area contributed by atoms with E-state index in [1.54, 1.807) is 0 Å². The molecule has 0 fully saturated rings. The van der Waals surface area contributed by atoms with Gasteiger partial charge >= 0.3 is 5.97 Å². The van der Waals surface area contributed by atoms with Gasteiger partial charge in [0.2, 0.25) is 10.0 Å². The summed E-state index contributed by atoms with van der Waals surface area (Å²) in [5.41, 5.74) is 0.118. The molecule has 0 spiro atoms. The second kappa shape index (κ2) is 6.70. The van der Waals surface area contributed by atoms with Crippen LogP contribution in [-0.2, 0) is 21.9 Å². The molecule has 118 valence electrons. The third-order valence-corrected chi connectivity index (χ3v) is 4.20. The highest BCUT2D eigenvalue weighted by molar-refractivity contribution is 7.89. The second-order valence-corrected chi connectivity index (χ2v) is 5.99. The van der Waals surface area contributed by atoms with E-state index in [-0.39, 0.29) is 17.0 Å². The number of aromatic nitrogens is 1. The zero-order chi connectivity index (χ0) is 16.2. The number of rotatable bonds is 7. The molecular weight excluding hydrogens is 302 g/mol. The van der Waals surface area contributed by atoms with E-state index >= 15 is 0 Å². The van der Waals surface area contributed by atoms with Crippen molar-refractivity contribution in [3.05, 3.63) is 18.0 Å². The molecule has 21 heavy (non-hydrogen) atoms. The summed E-state index contributed by atoms with van der Waals surface area (Å²) in [5, 5.41) is 20.0. The molecule has 1 aromatic rings. The third-order valence-electron chi connectivity index (χ3n) is 2.76. The fraction of sp³-hybridized carbons (Fsp3) is 0.455. The van der Waals surface area contributed by atoms with E-state index in [0.29, 0.717) is 0 Å². The number of carbonyl (C=O) groups is 2. The number of carboxylic acid groups (broad SMARTS) is 1. The van der Waals surface area contributed by atoms with E-state index in [4.69, 9.17) is 10.2 Å². The van der Waals surface area contributed by atoms with Crippen LogP contribution in [0.1, 0.15) is 16.9 Å².